The monoisotopic (exact) mass is 487 g/mol. The summed E-state index contributed by atoms with van der Waals surface area (Å²) in [7, 11) is 3.09. The molecule has 3 aromatic carbocycles. The Labute approximate surface area is 210 Å². The molecule has 1 atom stereocenters. The fourth-order valence-corrected chi connectivity index (χ4v) is 4.54. The van der Waals surface area contributed by atoms with Crippen LogP contribution in [0.2, 0.25) is 0 Å². The second-order valence-corrected chi connectivity index (χ2v) is 8.59. The predicted octanol–water partition coefficient (Wildman–Crippen LogP) is 5.35. The van der Waals surface area contributed by atoms with Crippen LogP contribution in [0.5, 0.6) is 17.2 Å². The Morgan fingerprint density at radius 2 is 1.56 bits per heavy atom. The smallest absolute Gasteiger partial charge is 0.300 e. The molecular formula is C29H29NO6. The van der Waals surface area contributed by atoms with Gasteiger partial charge < -0.3 is 19.3 Å². The van der Waals surface area contributed by atoms with E-state index in [4.69, 9.17) is 14.2 Å². The Morgan fingerprint density at radius 3 is 2.14 bits per heavy atom. The number of nitrogens with zero attached hydrogens (tertiary/aromatic N) is 1. The van der Waals surface area contributed by atoms with Crippen molar-refractivity contribution in [1.29, 1.82) is 0 Å². The molecular weight excluding hydrogens is 458 g/mol. The fraction of sp³-hybridized carbons (Fsp3) is 0.241. The van der Waals surface area contributed by atoms with Gasteiger partial charge in [-0.15, -0.1) is 0 Å². The van der Waals surface area contributed by atoms with E-state index in [9.17, 15) is 14.7 Å². The summed E-state index contributed by atoms with van der Waals surface area (Å²) >= 11 is 0. The predicted molar refractivity (Wildman–Crippen MR) is 138 cm³/mol. The number of aliphatic hydroxyl groups is 1. The van der Waals surface area contributed by atoms with Crippen LogP contribution in [-0.2, 0) is 9.59 Å². The molecule has 1 unspecified atom stereocenters. The van der Waals surface area contributed by atoms with Gasteiger partial charge in [-0.1, -0.05) is 12.1 Å². The summed E-state index contributed by atoms with van der Waals surface area (Å²) < 4.78 is 16.4. The molecule has 1 saturated heterocycles. The molecule has 1 N–H and O–H groups in total. The first-order valence-electron chi connectivity index (χ1n) is 11.6. The van der Waals surface area contributed by atoms with Crippen LogP contribution >= 0.6 is 0 Å². The standard InChI is InChI=1S/C29H29NO6/c1-6-36-24-16-20(9-12-23(24)35-5)26-25(27(31)19-7-10-22(34-4)11-8-19)28(32)29(33)30(26)21-14-17(2)13-18(3)15-21/h7-16,26,31H,6H2,1-5H3/b27-25-. The van der Waals surface area contributed by atoms with Gasteiger partial charge in [-0.2, -0.15) is 0 Å². The van der Waals surface area contributed by atoms with E-state index in [2.05, 4.69) is 0 Å². The summed E-state index contributed by atoms with van der Waals surface area (Å²) in [6.07, 6.45) is 0. The SMILES string of the molecule is CCOc1cc(C2/C(=C(/O)c3ccc(OC)cc3)C(=O)C(=O)N2c2cc(C)cc(C)c2)ccc1OC. The van der Waals surface area contributed by atoms with Crippen LogP contribution in [0, 0.1) is 13.8 Å². The maximum atomic E-state index is 13.4. The second kappa shape index (κ2) is 10.2. The van der Waals surface area contributed by atoms with Gasteiger partial charge in [0.05, 0.1) is 32.4 Å². The highest BCUT2D eigenvalue weighted by atomic mass is 16.5. The van der Waals surface area contributed by atoms with E-state index in [0.29, 0.717) is 40.7 Å². The van der Waals surface area contributed by atoms with Crippen LogP contribution in [0.25, 0.3) is 5.76 Å². The highest BCUT2D eigenvalue weighted by Crippen LogP contribution is 2.44. The van der Waals surface area contributed by atoms with E-state index < -0.39 is 17.7 Å². The van der Waals surface area contributed by atoms with Crippen molar-refractivity contribution < 1.29 is 28.9 Å². The van der Waals surface area contributed by atoms with Crippen LogP contribution in [0.15, 0.2) is 66.2 Å². The van der Waals surface area contributed by atoms with E-state index in [-0.39, 0.29) is 11.3 Å². The lowest BCUT2D eigenvalue weighted by Gasteiger charge is -2.26. The highest BCUT2D eigenvalue weighted by Gasteiger charge is 2.47. The molecule has 0 spiro atoms. The molecule has 1 heterocycles. The molecule has 7 nitrogen and oxygen atoms in total. The third-order valence-electron chi connectivity index (χ3n) is 6.10. The Hall–Kier alpha value is -4.26. The fourth-order valence-electron chi connectivity index (χ4n) is 4.54. The topological polar surface area (TPSA) is 85.3 Å². The van der Waals surface area contributed by atoms with Crippen LogP contribution in [-0.4, -0.2) is 37.6 Å². The molecule has 186 valence electrons. The van der Waals surface area contributed by atoms with E-state index in [1.807, 2.05) is 39.0 Å². The van der Waals surface area contributed by atoms with E-state index in [1.165, 1.54) is 4.90 Å². The normalized spacial score (nSPS) is 16.8. The number of aliphatic hydroxyl groups excluding tert-OH is 1. The Morgan fingerprint density at radius 1 is 0.889 bits per heavy atom. The van der Waals surface area contributed by atoms with Gasteiger partial charge in [0.15, 0.2) is 11.5 Å². The molecule has 0 bridgehead atoms. The molecule has 0 saturated carbocycles. The summed E-state index contributed by atoms with van der Waals surface area (Å²) in [5, 5.41) is 11.3. The molecule has 0 aliphatic carbocycles. The molecule has 3 aromatic rings. The molecule has 1 aliphatic rings. The first-order valence-corrected chi connectivity index (χ1v) is 11.6. The minimum Gasteiger partial charge on any atom is -0.507 e. The quantitative estimate of drug-likeness (QED) is 0.275. The lowest BCUT2D eigenvalue weighted by molar-refractivity contribution is -0.132. The van der Waals surface area contributed by atoms with E-state index in [1.54, 1.807) is 56.7 Å². The molecule has 4 rings (SSSR count). The number of benzene rings is 3. The summed E-state index contributed by atoms with van der Waals surface area (Å²) in [4.78, 5) is 28.3. The number of aryl methyl sites for hydroxylation is 2. The Bertz CT molecular complexity index is 1320. The first kappa shape index (κ1) is 24.9. The molecule has 7 heteroatoms. The van der Waals surface area contributed by atoms with Gasteiger partial charge in [-0.25, -0.2) is 0 Å². The summed E-state index contributed by atoms with van der Waals surface area (Å²) in [6.45, 7) is 6.13. The number of hydrogen-bond acceptors (Lipinski definition) is 6. The number of Topliss-reactive ketones (excluding diaryl/α,β-unsaturated/α-hetero) is 1. The van der Waals surface area contributed by atoms with E-state index in [0.717, 1.165) is 11.1 Å². The van der Waals surface area contributed by atoms with Gasteiger partial charge in [0.1, 0.15) is 11.5 Å². The van der Waals surface area contributed by atoms with Crippen molar-refractivity contribution in [3.63, 3.8) is 0 Å². The van der Waals surface area contributed by atoms with Crippen molar-refractivity contribution in [2.24, 2.45) is 0 Å². The van der Waals surface area contributed by atoms with Gasteiger partial charge in [-0.05, 0) is 86.0 Å². The van der Waals surface area contributed by atoms with E-state index >= 15 is 0 Å². The lowest BCUT2D eigenvalue weighted by Crippen LogP contribution is -2.29. The van der Waals surface area contributed by atoms with Gasteiger partial charge >= 0.3 is 0 Å². The minimum atomic E-state index is -0.876. The van der Waals surface area contributed by atoms with Crippen molar-refractivity contribution >= 4 is 23.1 Å². The number of anilines is 1. The molecule has 1 fully saturated rings. The lowest BCUT2D eigenvalue weighted by atomic mass is 9.94. The number of carbonyl (C=O) groups excluding carboxylic acids is 2. The molecule has 0 radical (unpaired) electrons. The number of amides is 1. The third kappa shape index (κ3) is 4.52. The minimum absolute atomic E-state index is 0.00283. The van der Waals surface area contributed by atoms with Crippen molar-refractivity contribution in [3.05, 3.63) is 88.5 Å². The van der Waals surface area contributed by atoms with Gasteiger partial charge in [-0.3, -0.25) is 14.5 Å². The molecule has 1 aliphatic heterocycles. The number of ketones is 1. The van der Waals surface area contributed by atoms with Crippen LogP contribution in [0.4, 0.5) is 5.69 Å². The average molecular weight is 488 g/mol. The zero-order chi connectivity index (χ0) is 26.0. The number of ether oxygens (including phenoxy) is 3. The summed E-state index contributed by atoms with van der Waals surface area (Å²) in [5.41, 5.74) is 3.47. The number of hydrogen-bond donors (Lipinski definition) is 1. The largest absolute Gasteiger partial charge is 0.507 e. The third-order valence-corrected chi connectivity index (χ3v) is 6.10. The van der Waals surface area contributed by atoms with Gasteiger partial charge in [0, 0.05) is 11.3 Å². The van der Waals surface area contributed by atoms with Gasteiger partial charge in [0.25, 0.3) is 11.7 Å². The van der Waals surface area contributed by atoms with Crippen LogP contribution in [0.1, 0.15) is 35.2 Å². The number of carbonyl (C=O) groups is 2. The highest BCUT2D eigenvalue weighted by molar-refractivity contribution is 6.51. The van der Waals surface area contributed by atoms with Crippen molar-refractivity contribution in [2.45, 2.75) is 26.8 Å². The Balaban J connectivity index is 1.96. The first-order chi connectivity index (χ1) is 17.3. The van der Waals surface area contributed by atoms with Crippen molar-refractivity contribution in [1.82, 2.24) is 0 Å². The van der Waals surface area contributed by atoms with Gasteiger partial charge in [0.2, 0.25) is 0 Å². The zero-order valence-electron chi connectivity index (χ0n) is 21.0. The second-order valence-electron chi connectivity index (χ2n) is 8.59. The molecule has 1 amide bonds. The molecule has 36 heavy (non-hydrogen) atoms. The maximum absolute atomic E-state index is 13.4. The number of rotatable bonds is 7. The summed E-state index contributed by atoms with van der Waals surface area (Å²) in [5.74, 6) is -0.126. The van der Waals surface area contributed by atoms with Crippen LogP contribution < -0.4 is 19.1 Å². The van der Waals surface area contributed by atoms with Crippen molar-refractivity contribution in [2.75, 3.05) is 25.7 Å². The maximum Gasteiger partial charge on any atom is 0.300 e. The summed E-state index contributed by atoms with van der Waals surface area (Å²) in [6, 6.07) is 16.7. The number of methoxy groups -OCH3 is 2. The average Bonchev–Trinajstić information content (AvgIpc) is 3.13. The molecule has 0 aromatic heterocycles. The Kier molecular flexibility index (Phi) is 7.01. The zero-order valence-corrected chi connectivity index (χ0v) is 21.0. The van der Waals surface area contributed by atoms with Crippen LogP contribution in [0.3, 0.4) is 0 Å². The van der Waals surface area contributed by atoms with Crippen molar-refractivity contribution in [3.8, 4) is 17.2 Å².